The summed E-state index contributed by atoms with van der Waals surface area (Å²) in [4.78, 5) is 11.8. The number of hydrogen-bond acceptors (Lipinski definition) is 8. The Morgan fingerprint density at radius 3 is 2.83 bits per heavy atom. The summed E-state index contributed by atoms with van der Waals surface area (Å²) in [6.45, 7) is 3.90. The molecule has 1 rings (SSSR count). The molecule has 8 nitrogen and oxygen atoms in total. The number of nitrogens with one attached hydrogen (secondary N) is 1. The van der Waals surface area contributed by atoms with E-state index in [0.29, 0.717) is 32.3 Å². The quantitative estimate of drug-likeness (QED) is 0.515. The van der Waals surface area contributed by atoms with Crippen molar-refractivity contribution >= 4 is 11.9 Å². The summed E-state index contributed by atoms with van der Waals surface area (Å²) in [5, 5.41) is 11.5. The lowest BCUT2D eigenvalue weighted by Gasteiger charge is -2.07. The van der Waals surface area contributed by atoms with Crippen LogP contribution in [-0.4, -0.2) is 53.0 Å². The van der Waals surface area contributed by atoms with Crippen LogP contribution in [0.15, 0.2) is 0 Å². The van der Waals surface area contributed by atoms with E-state index in [9.17, 15) is 0 Å². The van der Waals surface area contributed by atoms with E-state index in [1.54, 1.807) is 0 Å². The van der Waals surface area contributed by atoms with Crippen LogP contribution in [0.3, 0.4) is 0 Å². The Hall–Kier alpha value is -1.67. The molecule has 0 atom stereocenters. The number of aliphatic hydroxyl groups excluding tert-OH is 1. The molecule has 0 aromatic carbocycles. The van der Waals surface area contributed by atoms with Gasteiger partial charge in [-0.15, -0.1) is 0 Å². The van der Waals surface area contributed by atoms with Crippen LogP contribution in [0.2, 0.25) is 0 Å². The maximum atomic E-state index is 8.52. The van der Waals surface area contributed by atoms with Crippen LogP contribution >= 0.6 is 0 Å². The number of hydrogen-bond donors (Lipinski definition) is 3. The molecule has 0 saturated heterocycles. The number of nitrogen functional groups attached to an aromatic ring is 1. The minimum Gasteiger partial charge on any atom is -0.464 e. The third kappa shape index (κ3) is 5.60. The van der Waals surface area contributed by atoms with Crippen molar-refractivity contribution in [2.75, 3.05) is 44.0 Å². The summed E-state index contributed by atoms with van der Waals surface area (Å²) in [5.41, 5.74) is 5.52. The highest BCUT2D eigenvalue weighted by Crippen LogP contribution is 2.08. The van der Waals surface area contributed by atoms with E-state index in [4.69, 9.17) is 20.3 Å². The summed E-state index contributed by atoms with van der Waals surface area (Å²) in [6.07, 6.45) is 0.773. The van der Waals surface area contributed by atoms with Crippen molar-refractivity contribution in [1.82, 2.24) is 15.0 Å². The molecule has 1 heterocycles. The molecule has 102 valence electrons. The Balaban J connectivity index is 2.32. The van der Waals surface area contributed by atoms with Crippen LogP contribution < -0.4 is 15.8 Å². The van der Waals surface area contributed by atoms with Crippen LogP contribution in [0.4, 0.5) is 11.9 Å². The second-order valence-electron chi connectivity index (χ2n) is 3.35. The van der Waals surface area contributed by atoms with Crippen LogP contribution in [0.25, 0.3) is 0 Å². The molecule has 4 N–H and O–H groups in total. The highest BCUT2D eigenvalue weighted by atomic mass is 16.5. The van der Waals surface area contributed by atoms with Gasteiger partial charge in [0.2, 0.25) is 11.9 Å². The fraction of sp³-hybridized carbons (Fsp3) is 0.700. The molecule has 0 aliphatic rings. The molecule has 1 aromatic heterocycles. The Labute approximate surface area is 106 Å². The second kappa shape index (κ2) is 8.43. The summed E-state index contributed by atoms with van der Waals surface area (Å²) in [5.74, 6) is 0.501. The van der Waals surface area contributed by atoms with Crippen LogP contribution in [0, 0.1) is 0 Å². The average Bonchev–Trinajstić information content (AvgIpc) is 2.33. The minimum absolute atomic E-state index is 0.0368. The average molecular weight is 257 g/mol. The third-order valence-corrected chi connectivity index (χ3v) is 1.89. The molecular weight excluding hydrogens is 238 g/mol. The number of nitrogens with two attached hydrogens (primary N) is 1. The molecule has 8 heteroatoms. The fourth-order valence-electron chi connectivity index (χ4n) is 1.19. The molecule has 0 aliphatic heterocycles. The van der Waals surface area contributed by atoms with Gasteiger partial charge in [-0.3, -0.25) is 0 Å². The first-order valence-electron chi connectivity index (χ1n) is 5.83. The summed E-state index contributed by atoms with van der Waals surface area (Å²) < 4.78 is 10.3. The van der Waals surface area contributed by atoms with Crippen LogP contribution in [0.5, 0.6) is 6.01 Å². The van der Waals surface area contributed by atoms with Gasteiger partial charge in [0.05, 0.1) is 19.8 Å². The molecule has 0 bridgehead atoms. The van der Waals surface area contributed by atoms with Crippen molar-refractivity contribution < 1.29 is 14.6 Å². The first-order valence-corrected chi connectivity index (χ1v) is 5.83. The number of rotatable bonds is 9. The maximum Gasteiger partial charge on any atom is 0.323 e. The van der Waals surface area contributed by atoms with Crippen molar-refractivity contribution in [3.8, 4) is 6.01 Å². The molecule has 0 spiro atoms. The Morgan fingerprint density at radius 1 is 1.28 bits per heavy atom. The van der Waals surface area contributed by atoms with Gasteiger partial charge >= 0.3 is 6.01 Å². The summed E-state index contributed by atoms with van der Waals surface area (Å²) in [7, 11) is 0. The molecular formula is C10H19N5O3. The predicted octanol–water partition coefficient (Wildman–Crippen LogP) is -0.337. The molecule has 0 amide bonds. The highest BCUT2D eigenvalue weighted by Gasteiger charge is 2.04. The van der Waals surface area contributed by atoms with Gasteiger partial charge in [-0.25, -0.2) is 0 Å². The lowest BCUT2D eigenvalue weighted by Crippen LogP contribution is -2.12. The summed E-state index contributed by atoms with van der Waals surface area (Å²) >= 11 is 0. The van der Waals surface area contributed by atoms with Crippen molar-refractivity contribution in [1.29, 1.82) is 0 Å². The van der Waals surface area contributed by atoms with E-state index in [1.165, 1.54) is 0 Å². The zero-order chi connectivity index (χ0) is 13.2. The smallest absolute Gasteiger partial charge is 0.323 e. The summed E-state index contributed by atoms with van der Waals surface area (Å²) in [6, 6.07) is 0.212. The van der Waals surface area contributed by atoms with Crippen molar-refractivity contribution in [2.45, 2.75) is 13.3 Å². The Morgan fingerprint density at radius 2 is 2.11 bits per heavy atom. The van der Waals surface area contributed by atoms with Crippen LogP contribution in [-0.2, 0) is 4.74 Å². The first kappa shape index (κ1) is 14.4. The van der Waals surface area contributed by atoms with Crippen molar-refractivity contribution in [3.63, 3.8) is 0 Å². The lowest BCUT2D eigenvalue weighted by atomic mass is 10.4. The molecule has 0 saturated carbocycles. The molecule has 0 unspecified atom stereocenters. The number of anilines is 2. The van der Waals surface area contributed by atoms with E-state index in [0.717, 1.165) is 6.42 Å². The Bertz CT molecular complexity index is 350. The van der Waals surface area contributed by atoms with Gasteiger partial charge in [0.1, 0.15) is 0 Å². The number of aromatic nitrogens is 3. The zero-order valence-corrected chi connectivity index (χ0v) is 10.4. The zero-order valence-electron chi connectivity index (χ0n) is 10.4. The van der Waals surface area contributed by atoms with E-state index in [2.05, 4.69) is 20.3 Å². The maximum absolute atomic E-state index is 8.52. The van der Waals surface area contributed by atoms with Gasteiger partial charge in [-0.1, -0.05) is 0 Å². The largest absolute Gasteiger partial charge is 0.464 e. The van der Waals surface area contributed by atoms with Gasteiger partial charge in [0.25, 0.3) is 0 Å². The van der Waals surface area contributed by atoms with E-state index in [1.807, 2.05) is 6.92 Å². The first-order chi connectivity index (χ1) is 8.76. The van der Waals surface area contributed by atoms with Gasteiger partial charge in [0, 0.05) is 13.2 Å². The normalized spacial score (nSPS) is 10.3. The lowest BCUT2D eigenvalue weighted by molar-refractivity contribution is 0.0921. The van der Waals surface area contributed by atoms with Crippen molar-refractivity contribution in [3.05, 3.63) is 0 Å². The second-order valence-corrected chi connectivity index (χ2v) is 3.35. The Kier molecular flexibility index (Phi) is 6.74. The SMILES string of the molecule is CCOc1nc(N)nc(NCCCOCCO)n1. The fourth-order valence-corrected chi connectivity index (χ4v) is 1.19. The van der Waals surface area contributed by atoms with Gasteiger partial charge in [0.15, 0.2) is 0 Å². The minimum atomic E-state index is 0.0368. The molecule has 0 radical (unpaired) electrons. The number of nitrogens with zero attached hydrogens (tertiary/aromatic N) is 3. The topological polar surface area (TPSA) is 115 Å². The molecule has 18 heavy (non-hydrogen) atoms. The monoisotopic (exact) mass is 257 g/mol. The molecule has 1 aromatic rings. The van der Waals surface area contributed by atoms with Gasteiger partial charge in [-0.2, -0.15) is 15.0 Å². The van der Waals surface area contributed by atoms with Crippen molar-refractivity contribution in [2.24, 2.45) is 0 Å². The highest BCUT2D eigenvalue weighted by molar-refractivity contribution is 5.32. The predicted molar refractivity (Wildman–Crippen MR) is 66.4 cm³/mol. The van der Waals surface area contributed by atoms with E-state index < -0.39 is 0 Å². The van der Waals surface area contributed by atoms with E-state index in [-0.39, 0.29) is 18.6 Å². The molecule has 0 fully saturated rings. The molecule has 0 aliphatic carbocycles. The van der Waals surface area contributed by atoms with Gasteiger partial charge < -0.3 is 25.6 Å². The van der Waals surface area contributed by atoms with E-state index >= 15 is 0 Å². The van der Waals surface area contributed by atoms with Crippen LogP contribution in [0.1, 0.15) is 13.3 Å². The third-order valence-electron chi connectivity index (χ3n) is 1.89. The number of aliphatic hydroxyl groups is 1. The number of ether oxygens (including phenoxy) is 2. The van der Waals surface area contributed by atoms with Gasteiger partial charge in [-0.05, 0) is 13.3 Å². The standard InChI is InChI=1S/C10H19N5O3/c1-2-18-10-14-8(11)13-9(15-10)12-4-3-6-17-7-5-16/h16H,2-7H2,1H3,(H3,11,12,13,14,15).